The fourth-order valence-electron chi connectivity index (χ4n) is 4.55. The number of halogens is 4. The summed E-state index contributed by atoms with van der Waals surface area (Å²) in [5.41, 5.74) is -1.21. The maximum atomic E-state index is 16.4. The Kier molecular flexibility index (Phi) is 4.93. The fraction of sp³-hybridized carbons (Fsp3) is 0.125. The Bertz CT molecular complexity index is 1580. The van der Waals surface area contributed by atoms with Crippen molar-refractivity contribution >= 4 is 52.1 Å². The first-order valence-electron chi connectivity index (χ1n) is 9.98. The maximum Gasteiger partial charge on any atom is 0.328 e. The predicted molar refractivity (Wildman–Crippen MR) is 123 cm³/mol. The number of benzene rings is 2. The van der Waals surface area contributed by atoms with E-state index in [9.17, 15) is 14.0 Å². The van der Waals surface area contributed by atoms with Crippen LogP contribution < -0.4 is 0 Å². The standard InChI is InChI=1S/C24H14Cl2F2N2O4/c1-10-18-11(6-7-17(31)32)4-3-5-16(18)30-21(10)24(2,28)22-19(23(30)33)20(29-34-22)12-8-15(27)14(26)9-13(12)25/h3-9H,1-2H3,(H,31,32)/b7-6+. The molecule has 0 radical (unpaired) electrons. The predicted octanol–water partition coefficient (Wildman–Crippen LogP) is 6.38. The van der Waals surface area contributed by atoms with Crippen molar-refractivity contribution in [1.82, 2.24) is 9.72 Å². The number of carbonyl (C=O) groups excluding carboxylic acids is 1. The van der Waals surface area contributed by atoms with Crippen LogP contribution in [0.4, 0.5) is 8.78 Å². The summed E-state index contributed by atoms with van der Waals surface area (Å²) in [6.07, 6.45) is 2.34. The lowest BCUT2D eigenvalue weighted by atomic mass is 9.89. The van der Waals surface area contributed by atoms with E-state index in [2.05, 4.69) is 5.16 Å². The van der Waals surface area contributed by atoms with Crippen LogP contribution in [-0.4, -0.2) is 26.7 Å². The molecule has 1 aliphatic heterocycles. The molecule has 6 nitrogen and oxygen atoms in total. The molecule has 34 heavy (non-hydrogen) atoms. The monoisotopic (exact) mass is 502 g/mol. The van der Waals surface area contributed by atoms with Gasteiger partial charge < -0.3 is 9.63 Å². The molecule has 5 rings (SSSR count). The van der Waals surface area contributed by atoms with Gasteiger partial charge in [-0.1, -0.05) is 40.5 Å². The molecular weight excluding hydrogens is 489 g/mol. The second-order valence-corrected chi connectivity index (χ2v) is 8.83. The molecule has 0 aliphatic carbocycles. The lowest BCUT2D eigenvalue weighted by Gasteiger charge is -2.26. The van der Waals surface area contributed by atoms with Crippen molar-refractivity contribution in [2.24, 2.45) is 0 Å². The SMILES string of the molecule is Cc1c2n(c3cccc(/C=C/C(=O)O)c13)C(=O)c1c(-c3cc(F)c(Cl)cc3Cl)noc1C2(C)F. The Morgan fingerprint density at radius 2 is 2.00 bits per heavy atom. The van der Waals surface area contributed by atoms with E-state index in [-0.39, 0.29) is 38.3 Å². The Labute approximate surface area is 201 Å². The first-order chi connectivity index (χ1) is 16.0. The third-order valence-corrected chi connectivity index (χ3v) is 6.52. The van der Waals surface area contributed by atoms with Crippen LogP contribution in [0.3, 0.4) is 0 Å². The number of carboxylic acid groups (broad SMARTS) is 1. The third kappa shape index (κ3) is 3.02. The highest BCUT2D eigenvalue weighted by molar-refractivity contribution is 6.36. The fourth-order valence-corrected chi connectivity index (χ4v) is 5.02. The smallest absolute Gasteiger partial charge is 0.328 e. The van der Waals surface area contributed by atoms with Gasteiger partial charge in [0.1, 0.15) is 17.1 Å². The molecule has 3 heterocycles. The van der Waals surface area contributed by atoms with E-state index >= 15 is 4.39 Å². The largest absolute Gasteiger partial charge is 0.478 e. The summed E-state index contributed by atoms with van der Waals surface area (Å²) in [5.74, 6) is -2.91. The molecule has 4 aromatic rings. The molecular formula is C24H14Cl2F2N2O4. The highest BCUT2D eigenvalue weighted by Crippen LogP contribution is 2.48. The second-order valence-electron chi connectivity index (χ2n) is 8.01. The summed E-state index contributed by atoms with van der Waals surface area (Å²) in [6.45, 7) is 2.88. The molecule has 0 bridgehead atoms. The van der Waals surface area contributed by atoms with Crippen molar-refractivity contribution in [3.8, 4) is 11.3 Å². The number of carboxylic acids is 1. The van der Waals surface area contributed by atoms with Gasteiger partial charge in [0.25, 0.3) is 5.91 Å². The zero-order valence-corrected chi connectivity index (χ0v) is 19.1. The van der Waals surface area contributed by atoms with Crippen molar-refractivity contribution in [3.63, 3.8) is 0 Å². The zero-order chi connectivity index (χ0) is 24.5. The molecule has 2 aromatic carbocycles. The average Bonchev–Trinajstić information content (AvgIpc) is 3.35. The van der Waals surface area contributed by atoms with Gasteiger partial charge in [0, 0.05) is 17.0 Å². The number of fused-ring (bicyclic) bond motifs is 4. The first-order valence-corrected chi connectivity index (χ1v) is 10.7. The number of nitrogens with zero attached hydrogens (tertiary/aromatic N) is 2. The Balaban J connectivity index is 1.81. The molecule has 0 spiro atoms. The van der Waals surface area contributed by atoms with Gasteiger partial charge in [-0.3, -0.25) is 9.36 Å². The summed E-state index contributed by atoms with van der Waals surface area (Å²) < 4.78 is 37.1. The highest BCUT2D eigenvalue weighted by Gasteiger charge is 2.49. The molecule has 1 aliphatic rings. The number of aliphatic carboxylic acids is 1. The van der Waals surface area contributed by atoms with Crippen LogP contribution >= 0.6 is 23.2 Å². The number of carbonyl (C=O) groups is 2. The van der Waals surface area contributed by atoms with E-state index in [1.807, 2.05) is 0 Å². The summed E-state index contributed by atoms with van der Waals surface area (Å²) in [6, 6.07) is 7.11. The molecule has 1 N–H and O–H groups in total. The molecule has 0 fully saturated rings. The first kappa shape index (κ1) is 22.3. The topological polar surface area (TPSA) is 85.3 Å². The van der Waals surface area contributed by atoms with Crippen LogP contribution in [0.25, 0.3) is 28.2 Å². The van der Waals surface area contributed by atoms with Crippen LogP contribution in [0, 0.1) is 12.7 Å². The van der Waals surface area contributed by atoms with Gasteiger partial charge in [0.05, 0.1) is 21.3 Å². The zero-order valence-electron chi connectivity index (χ0n) is 17.6. The molecule has 0 amide bonds. The van der Waals surface area contributed by atoms with Crippen molar-refractivity contribution < 1.29 is 28.0 Å². The van der Waals surface area contributed by atoms with Gasteiger partial charge in [-0.15, -0.1) is 0 Å². The van der Waals surface area contributed by atoms with E-state index < -0.39 is 23.4 Å². The van der Waals surface area contributed by atoms with Gasteiger partial charge in [-0.2, -0.15) is 0 Å². The van der Waals surface area contributed by atoms with Crippen molar-refractivity contribution in [2.75, 3.05) is 0 Å². The van der Waals surface area contributed by atoms with Gasteiger partial charge in [0.2, 0.25) is 5.67 Å². The summed E-state index contributed by atoms with van der Waals surface area (Å²) >= 11 is 12.0. The number of alkyl halides is 1. The minimum atomic E-state index is -2.29. The molecule has 1 unspecified atom stereocenters. The van der Waals surface area contributed by atoms with Crippen LogP contribution in [0.2, 0.25) is 10.0 Å². The lowest BCUT2D eigenvalue weighted by molar-refractivity contribution is -0.131. The number of rotatable bonds is 3. The molecule has 172 valence electrons. The van der Waals surface area contributed by atoms with Gasteiger partial charge in [-0.05, 0) is 49.2 Å². The van der Waals surface area contributed by atoms with E-state index in [0.29, 0.717) is 22.0 Å². The summed E-state index contributed by atoms with van der Waals surface area (Å²) in [4.78, 5) is 24.8. The Hall–Kier alpha value is -3.49. The molecule has 10 heteroatoms. The molecule has 0 saturated carbocycles. The molecule has 1 atom stereocenters. The van der Waals surface area contributed by atoms with Crippen LogP contribution in [-0.2, 0) is 10.5 Å². The normalized spacial score (nSPS) is 17.4. The van der Waals surface area contributed by atoms with Crippen molar-refractivity contribution in [3.05, 3.63) is 80.4 Å². The Morgan fingerprint density at radius 3 is 2.71 bits per heavy atom. The lowest BCUT2D eigenvalue weighted by Crippen LogP contribution is -2.33. The van der Waals surface area contributed by atoms with Gasteiger partial charge in [-0.25, -0.2) is 13.6 Å². The quantitative estimate of drug-likeness (QED) is 0.259. The minimum absolute atomic E-state index is 0.0105. The summed E-state index contributed by atoms with van der Waals surface area (Å²) in [5, 5.41) is 13.2. The number of hydrogen-bond donors (Lipinski definition) is 1. The average molecular weight is 503 g/mol. The number of aromatic nitrogens is 2. The molecule has 2 aromatic heterocycles. The van der Waals surface area contributed by atoms with Crippen molar-refractivity contribution in [2.45, 2.75) is 19.5 Å². The third-order valence-electron chi connectivity index (χ3n) is 5.92. The minimum Gasteiger partial charge on any atom is -0.478 e. The van der Waals surface area contributed by atoms with Gasteiger partial charge in [0.15, 0.2) is 5.76 Å². The van der Waals surface area contributed by atoms with Crippen LogP contribution in [0.1, 0.15) is 39.9 Å². The van der Waals surface area contributed by atoms with Crippen molar-refractivity contribution in [1.29, 1.82) is 0 Å². The van der Waals surface area contributed by atoms with Crippen LogP contribution in [0.5, 0.6) is 0 Å². The van der Waals surface area contributed by atoms with Gasteiger partial charge >= 0.3 is 5.97 Å². The number of aryl methyl sites for hydroxylation is 1. The van der Waals surface area contributed by atoms with Crippen LogP contribution in [0.15, 0.2) is 40.9 Å². The van der Waals surface area contributed by atoms with E-state index in [1.165, 1.54) is 23.6 Å². The van der Waals surface area contributed by atoms with E-state index in [1.54, 1.807) is 25.1 Å². The Morgan fingerprint density at radius 1 is 1.26 bits per heavy atom. The summed E-state index contributed by atoms with van der Waals surface area (Å²) in [7, 11) is 0. The maximum absolute atomic E-state index is 16.4. The highest BCUT2D eigenvalue weighted by atomic mass is 35.5. The molecule has 0 saturated heterocycles. The van der Waals surface area contributed by atoms with E-state index in [4.69, 9.17) is 32.8 Å². The second kappa shape index (κ2) is 7.51. The number of hydrogen-bond acceptors (Lipinski definition) is 4. The van der Waals surface area contributed by atoms with E-state index in [0.717, 1.165) is 12.1 Å².